The predicted octanol–water partition coefficient (Wildman–Crippen LogP) is 15.3. The standard InChI is InChI=1S/C54H34OS/c1-2-17-35(18-3-1)48-46-32-45-39-22-12-13-28-47(39)56-54(45)51(53(46)55-52(48)37-30-29-33-15-4-5-19-36(33)31-37)50-43-25-10-8-23-41(43)49(42-24-9-11-26-44(42)50)40-27-14-20-34-16-6-7-21-38(34)40/h1-32,48,52H. The molecule has 2 unspecified atom stereocenters. The molecule has 0 N–H and O–H groups in total. The van der Waals surface area contributed by atoms with Crippen molar-refractivity contribution in [1.82, 2.24) is 0 Å². The lowest BCUT2D eigenvalue weighted by Gasteiger charge is -2.21. The Hall–Kier alpha value is -6.74. The summed E-state index contributed by atoms with van der Waals surface area (Å²) in [6.45, 7) is 0. The predicted molar refractivity (Wildman–Crippen MR) is 238 cm³/mol. The van der Waals surface area contributed by atoms with Gasteiger partial charge in [-0.2, -0.15) is 0 Å². The molecule has 0 aliphatic carbocycles. The van der Waals surface area contributed by atoms with Gasteiger partial charge in [-0.15, -0.1) is 11.3 Å². The van der Waals surface area contributed by atoms with Gasteiger partial charge in [-0.05, 0) is 83.5 Å². The number of hydrogen-bond acceptors (Lipinski definition) is 2. The van der Waals surface area contributed by atoms with Gasteiger partial charge in [0, 0.05) is 36.9 Å². The van der Waals surface area contributed by atoms with Gasteiger partial charge in [0.25, 0.3) is 0 Å². The summed E-state index contributed by atoms with van der Waals surface area (Å²) in [5.74, 6) is 0.992. The number of benzene rings is 10. The van der Waals surface area contributed by atoms with E-state index in [4.69, 9.17) is 4.74 Å². The highest BCUT2D eigenvalue weighted by molar-refractivity contribution is 7.26. The van der Waals surface area contributed by atoms with E-state index in [0.717, 1.165) is 5.75 Å². The van der Waals surface area contributed by atoms with Gasteiger partial charge in [-0.25, -0.2) is 0 Å². The Kier molecular flexibility index (Phi) is 6.99. The minimum atomic E-state index is -0.203. The minimum absolute atomic E-state index is 0.00154. The van der Waals surface area contributed by atoms with Gasteiger partial charge in [-0.3, -0.25) is 0 Å². The SMILES string of the molecule is c1ccc(C2c3cc4c(sc5ccccc54)c(-c4c5ccccc5c(-c5cccc6ccccc56)c5ccccc45)c3OC2c2ccc3ccccc3c2)cc1. The van der Waals surface area contributed by atoms with Crippen LogP contribution in [0, 0.1) is 0 Å². The van der Waals surface area contributed by atoms with Gasteiger partial charge in [0.05, 0.1) is 5.92 Å². The van der Waals surface area contributed by atoms with Crippen LogP contribution in [0.1, 0.15) is 28.7 Å². The molecular weight excluding hydrogens is 697 g/mol. The molecule has 2 heterocycles. The molecule has 11 aromatic rings. The van der Waals surface area contributed by atoms with Gasteiger partial charge in [0.15, 0.2) is 0 Å². The zero-order chi connectivity index (χ0) is 36.7. The van der Waals surface area contributed by atoms with E-state index >= 15 is 0 Å². The van der Waals surface area contributed by atoms with Crippen LogP contribution in [0.2, 0.25) is 0 Å². The lowest BCUT2D eigenvalue weighted by atomic mass is 9.81. The van der Waals surface area contributed by atoms with E-state index in [0.29, 0.717) is 0 Å². The molecule has 1 nitrogen and oxygen atoms in total. The third-order valence-corrected chi connectivity index (χ3v) is 13.2. The molecule has 56 heavy (non-hydrogen) atoms. The van der Waals surface area contributed by atoms with Crippen molar-refractivity contribution in [3.05, 3.63) is 211 Å². The molecule has 1 aliphatic rings. The van der Waals surface area contributed by atoms with Crippen LogP contribution in [0.5, 0.6) is 5.75 Å². The molecule has 10 aromatic carbocycles. The number of hydrogen-bond donors (Lipinski definition) is 0. The van der Waals surface area contributed by atoms with E-state index in [1.165, 1.54) is 102 Å². The molecule has 1 aromatic heterocycles. The van der Waals surface area contributed by atoms with Crippen molar-refractivity contribution in [2.45, 2.75) is 12.0 Å². The molecule has 0 fully saturated rings. The van der Waals surface area contributed by atoms with Crippen LogP contribution >= 0.6 is 11.3 Å². The quantitative estimate of drug-likeness (QED) is 0.164. The monoisotopic (exact) mass is 730 g/mol. The summed E-state index contributed by atoms with van der Waals surface area (Å²) >= 11 is 1.88. The lowest BCUT2D eigenvalue weighted by Crippen LogP contribution is -2.11. The van der Waals surface area contributed by atoms with Crippen molar-refractivity contribution in [3.8, 4) is 28.0 Å². The molecule has 2 heteroatoms. The highest BCUT2D eigenvalue weighted by Crippen LogP contribution is 2.59. The average Bonchev–Trinajstić information content (AvgIpc) is 3.84. The summed E-state index contributed by atoms with van der Waals surface area (Å²) in [5, 5.41) is 12.5. The summed E-state index contributed by atoms with van der Waals surface area (Å²) in [6, 6.07) is 71.4. The fourth-order valence-corrected chi connectivity index (χ4v) is 10.8. The van der Waals surface area contributed by atoms with Crippen molar-refractivity contribution >= 4 is 74.6 Å². The first-order chi connectivity index (χ1) is 27.8. The normalized spacial score (nSPS) is 15.3. The van der Waals surface area contributed by atoms with Crippen LogP contribution < -0.4 is 4.74 Å². The molecule has 262 valence electrons. The van der Waals surface area contributed by atoms with Crippen LogP contribution in [-0.4, -0.2) is 0 Å². The van der Waals surface area contributed by atoms with Crippen LogP contribution in [-0.2, 0) is 0 Å². The van der Waals surface area contributed by atoms with E-state index in [2.05, 4.69) is 194 Å². The first-order valence-electron chi connectivity index (χ1n) is 19.4. The zero-order valence-electron chi connectivity index (χ0n) is 30.4. The summed E-state index contributed by atoms with van der Waals surface area (Å²) in [5.41, 5.74) is 8.65. The third kappa shape index (κ3) is 4.66. The van der Waals surface area contributed by atoms with Crippen molar-refractivity contribution < 1.29 is 4.74 Å². The van der Waals surface area contributed by atoms with E-state index in [-0.39, 0.29) is 12.0 Å². The Morgan fingerprint density at radius 2 is 0.964 bits per heavy atom. The van der Waals surface area contributed by atoms with Gasteiger partial charge in [0.2, 0.25) is 0 Å². The fourth-order valence-electron chi connectivity index (χ4n) is 9.60. The van der Waals surface area contributed by atoms with E-state index in [1.54, 1.807) is 0 Å². The number of ether oxygens (including phenoxy) is 1. The Morgan fingerprint density at radius 3 is 1.71 bits per heavy atom. The summed E-state index contributed by atoms with van der Waals surface area (Å²) in [4.78, 5) is 0. The summed E-state index contributed by atoms with van der Waals surface area (Å²) in [6.07, 6.45) is -0.203. The average molecular weight is 731 g/mol. The van der Waals surface area contributed by atoms with E-state index in [1.807, 2.05) is 11.3 Å². The first-order valence-corrected chi connectivity index (χ1v) is 20.2. The molecule has 0 saturated carbocycles. The molecule has 0 saturated heterocycles. The molecule has 0 radical (unpaired) electrons. The number of fused-ring (bicyclic) bond motifs is 8. The highest BCUT2D eigenvalue weighted by atomic mass is 32.1. The van der Waals surface area contributed by atoms with Gasteiger partial charge in [-0.1, -0.05) is 176 Å². The number of thiophene rings is 1. The molecule has 1 aliphatic heterocycles. The molecular formula is C54H34OS. The maximum atomic E-state index is 7.58. The smallest absolute Gasteiger partial charge is 0.135 e. The van der Waals surface area contributed by atoms with Gasteiger partial charge < -0.3 is 4.74 Å². The van der Waals surface area contributed by atoms with Gasteiger partial charge >= 0.3 is 0 Å². The molecule has 12 rings (SSSR count). The second kappa shape index (κ2) is 12.4. The summed E-state index contributed by atoms with van der Waals surface area (Å²) < 4.78 is 10.1. The Balaban J connectivity index is 1.22. The first kappa shape index (κ1) is 31.6. The maximum Gasteiger partial charge on any atom is 0.135 e. The molecule has 2 atom stereocenters. The van der Waals surface area contributed by atoms with Crippen molar-refractivity contribution in [1.29, 1.82) is 0 Å². The second-order valence-corrected chi connectivity index (χ2v) is 16.1. The van der Waals surface area contributed by atoms with Crippen LogP contribution in [0.25, 0.3) is 85.5 Å². The topological polar surface area (TPSA) is 9.23 Å². The largest absolute Gasteiger partial charge is 0.484 e. The van der Waals surface area contributed by atoms with Crippen LogP contribution in [0.4, 0.5) is 0 Å². The zero-order valence-corrected chi connectivity index (χ0v) is 31.3. The van der Waals surface area contributed by atoms with Crippen molar-refractivity contribution in [3.63, 3.8) is 0 Å². The Bertz CT molecular complexity index is 3290. The molecule has 0 bridgehead atoms. The van der Waals surface area contributed by atoms with E-state index in [9.17, 15) is 0 Å². The fraction of sp³-hybridized carbons (Fsp3) is 0.0370. The molecule has 0 amide bonds. The van der Waals surface area contributed by atoms with Crippen LogP contribution in [0.3, 0.4) is 0 Å². The Labute approximate surface area is 328 Å². The molecule has 0 spiro atoms. The summed E-state index contributed by atoms with van der Waals surface area (Å²) in [7, 11) is 0. The van der Waals surface area contributed by atoms with Gasteiger partial charge in [0.1, 0.15) is 11.9 Å². The number of rotatable bonds is 4. The highest BCUT2D eigenvalue weighted by Gasteiger charge is 2.40. The minimum Gasteiger partial charge on any atom is -0.484 e. The maximum absolute atomic E-state index is 7.58. The lowest BCUT2D eigenvalue weighted by molar-refractivity contribution is 0.223. The van der Waals surface area contributed by atoms with E-state index < -0.39 is 0 Å². The Morgan fingerprint density at radius 1 is 0.375 bits per heavy atom. The third-order valence-electron chi connectivity index (χ3n) is 12.0. The second-order valence-electron chi connectivity index (χ2n) is 15.0. The van der Waals surface area contributed by atoms with Crippen LogP contribution in [0.15, 0.2) is 194 Å². The van der Waals surface area contributed by atoms with Crippen molar-refractivity contribution in [2.24, 2.45) is 0 Å². The van der Waals surface area contributed by atoms with Crippen molar-refractivity contribution in [2.75, 3.05) is 0 Å².